The van der Waals surface area contributed by atoms with E-state index in [2.05, 4.69) is 20.4 Å². The number of aromatic nitrogens is 2. The fourth-order valence-electron chi connectivity index (χ4n) is 4.39. The fourth-order valence-corrected chi connectivity index (χ4v) is 4.39. The summed E-state index contributed by atoms with van der Waals surface area (Å²) in [6.45, 7) is 8.85. The molecule has 9 heteroatoms. The number of ether oxygens (including phenoxy) is 2. The summed E-state index contributed by atoms with van der Waals surface area (Å²) in [4.78, 5) is 19.7. The molecule has 1 amide bonds. The largest absolute Gasteiger partial charge is 0.490 e. The quantitative estimate of drug-likeness (QED) is 0.433. The van der Waals surface area contributed by atoms with Crippen LogP contribution in [0.15, 0.2) is 47.0 Å². The molecule has 1 aromatic heterocycles. The zero-order chi connectivity index (χ0) is 25.5. The van der Waals surface area contributed by atoms with E-state index in [9.17, 15) is 9.18 Å². The molecule has 0 radical (unpaired) electrons. The van der Waals surface area contributed by atoms with Gasteiger partial charge in [0.2, 0.25) is 17.6 Å². The molecule has 0 spiro atoms. The third kappa shape index (κ3) is 6.40. The highest BCUT2D eigenvalue weighted by Crippen LogP contribution is 2.31. The van der Waals surface area contributed by atoms with Crippen LogP contribution in [0.25, 0.3) is 11.4 Å². The standard InChI is InChI=1S/C27H33FN4O4/c1-4-34-23-13-10-20(15-24(23)35-5-2)18(3)29-27(33)21-7-6-14-32(16-21)17-25-30-26(31-36-25)19-8-11-22(28)12-9-19/h8-13,15,18,21H,4-7,14,16-17H2,1-3H3,(H,29,33). The Morgan fingerprint density at radius 3 is 2.67 bits per heavy atom. The summed E-state index contributed by atoms with van der Waals surface area (Å²) in [5.41, 5.74) is 1.65. The number of hydrogen-bond donors (Lipinski definition) is 1. The molecule has 0 aliphatic carbocycles. The summed E-state index contributed by atoms with van der Waals surface area (Å²) < 4.78 is 30.0. The first-order valence-corrected chi connectivity index (χ1v) is 12.5. The summed E-state index contributed by atoms with van der Waals surface area (Å²) in [6, 6.07) is 11.6. The van der Waals surface area contributed by atoms with Crippen molar-refractivity contribution in [2.24, 2.45) is 5.92 Å². The van der Waals surface area contributed by atoms with Crippen LogP contribution in [-0.2, 0) is 11.3 Å². The molecule has 36 heavy (non-hydrogen) atoms. The molecule has 1 aliphatic rings. The number of likely N-dealkylation sites (tertiary alicyclic amines) is 1. The third-order valence-corrected chi connectivity index (χ3v) is 6.23. The number of hydrogen-bond acceptors (Lipinski definition) is 7. The minimum Gasteiger partial charge on any atom is -0.490 e. The Bertz CT molecular complexity index is 1150. The SMILES string of the molecule is CCOc1ccc(C(C)NC(=O)C2CCCN(Cc3nc(-c4ccc(F)cc4)no3)C2)cc1OCC. The number of carbonyl (C=O) groups is 1. The van der Waals surface area contributed by atoms with Crippen LogP contribution < -0.4 is 14.8 Å². The summed E-state index contributed by atoms with van der Waals surface area (Å²) in [5, 5.41) is 7.17. The highest BCUT2D eigenvalue weighted by molar-refractivity contribution is 5.79. The van der Waals surface area contributed by atoms with Gasteiger partial charge in [-0.05, 0) is 82.1 Å². The Morgan fingerprint density at radius 1 is 1.17 bits per heavy atom. The smallest absolute Gasteiger partial charge is 0.241 e. The minimum absolute atomic E-state index is 0.0246. The van der Waals surface area contributed by atoms with E-state index in [4.69, 9.17) is 14.0 Å². The first-order valence-electron chi connectivity index (χ1n) is 12.5. The Balaban J connectivity index is 1.34. The highest BCUT2D eigenvalue weighted by atomic mass is 19.1. The van der Waals surface area contributed by atoms with Crippen molar-refractivity contribution in [3.8, 4) is 22.9 Å². The zero-order valence-electron chi connectivity index (χ0n) is 21.0. The van der Waals surface area contributed by atoms with Gasteiger partial charge >= 0.3 is 0 Å². The van der Waals surface area contributed by atoms with Gasteiger partial charge in [-0.3, -0.25) is 9.69 Å². The van der Waals surface area contributed by atoms with Crippen LogP contribution in [-0.4, -0.2) is 47.3 Å². The predicted octanol–water partition coefficient (Wildman–Crippen LogP) is 4.76. The normalized spacial score (nSPS) is 16.9. The van der Waals surface area contributed by atoms with Crippen LogP contribution in [0.2, 0.25) is 0 Å². The molecule has 192 valence electrons. The van der Waals surface area contributed by atoms with Gasteiger partial charge in [-0.15, -0.1) is 0 Å². The number of amides is 1. The highest BCUT2D eigenvalue weighted by Gasteiger charge is 2.28. The lowest BCUT2D eigenvalue weighted by Gasteiger charge is -2.31. The van der Waals surface area contributed by atoms with Crippen LogP contribution in [0.3, 0.4) is 0 Å². The van der Waals surface area contributed by atoms with E-state index in [0.29, 0.717) is 55.1 Å². The molecule has 8 nitrogen and oxygen atoms in total. The average molecular weight is 497 g/mol. The molecule has 1 saturated heterocycles. The number of nitrogens with zero attached hydrogens (tertiary/aromatic N) is 3. The predicted molar refractivity (Wildman–Crippen MR) is 133 cm³/mol. The van der Waals surface area contributed by atoms with Crippen LogP contribution in [0.5, 0.6) is 11.5 Å². The first kappa shape index (κ1) is 25.6. The van der Waals surface area contributed by atoms with Gasteiger partial charge in [-0.1, -0.05) is 11.2 Å². The molecule has 2 aromatic carbocycles. The molecule has 2 heterocycles. The maximum absolute atomic E-state index is 13.2. The molecule has 1 aliphatic heterocycles. The second-order valence-electron chi connectivity index (χ2n) is 8.90. The molecule has 0 bridgehead atoms. The molecule has 1 N–H and O–H groups in total. The summed E-state index contributed by atoms with van der Waals surface area (Å²) in [6.07, 6.45) is 1.73. The first-order chi connectivity index (χ1) is 17.5. The van der Waals surface area contributed by atoms with Crippen LogP contribution >= 0.6 is 0 Å². The van der Waals surface area contributed by atoms with Crippen molar-refractivity contribution in [3.05, 3.63) is 59.7 Å². The number of nitrogens with one attached hydrogen (secondary N) is 1. The van der Waals surface area contributed by atoms with E-state index in [1.165, 1.54) is 12.1 Å². The van der Waals surface area contributed by atoms with Crippen molar-refractivity contribution in [1.29, 1.82) is 0 Å². The van der Waals surface area contributed by atoms with Gasteiger partial charge in [0.15, 0.2) is 11.5 Å². The van der Waals surface area contributed by atoms with E-state index in [0.717, 1.165) is 24.9 Å². The lowest BCUT2D eigenvalue weighted by molar-refractivity contribution is -0.127. The van der Waals surface area contributed by atoms with Crippen molar-refractivity contribution in [2.75, 3.05) is 26.3 Å². The summed E-state index contributed by atoms with van der Waals surface area (Å²) in [7, 11) is 0. The second kappa shape index (κ2) is 12.0. The molecule has 3 aromatic rings. The minimum atomic E-state index is -0.313. The van der Waals surface area contributed by atoms with Gasteiger partial charge < -0.3 is 19.3 Å². The Hall–Kier alpha value is -3.46. The van der Waals surface area contributed by atoms with Crippen LogP contribution in [0, 0.1) is 11.7 Å². The molecule has 2 unspecified atom stereocenters. The van der Waals surface area contributed by atoms with E-state index >= 15 is 0 Å². The van der Waals surface area contributed by atoms with Gasteiger partial charge in [0.25, 0.3) is 0 Å². The van der Waals surface area contributed by atoms with Gasteiger partial charge in [0.1, 0.15) is 5.82 Å². The van der Waals surface area contributed by atoms with Crippen LogP contribution in [0.1, 0.15) is 51.1 Å². The fraction of sp³-hybridized carbons (Fsp3) is 0.444. The summed E-state index contributed by atoms with van der Waals surface area (Å²) in [5.74, 6) is 1.86. The maximum atomic E-state index is 13.2. The molecule has 4 rings (SSSR count). The van der Waals surface area contributed by atoms with Gasteiger partial charge in [0.05, 0.1) is 31.7 Å². The van der Waals surface area contributed by atoms with Crippen molar-refractivity contribution in [2.45, 2.75) is 46.2 Å². The number of halogens is 1. The van der Waals surface area contributed by atoms with Crippen molar-refractivity contribution < 1.29 is 23.2 Å². The molecule has 2 atom stereocenters. The number of piperidine rings is 1. The molecule has 0 saturated carbocycles. The lowest BCUT2D eigenvalue weighted by Crippen LogP contribution is -2.43. The van der Waals surface area contributed by atoms with E-state index in [-0.39, 0.29) is 23.7 Å². The number of benzene rings is 2. The van der Waals surface area contributed by atoms with E-state index < -0.39 is 0 Å². The van der Waals surface area contributed by atoms with Gasteiger partial charge in [-0.25, -0.2) is 4.39 Å². The lowest BCUT2D eigenvalue weighted by atomic mass is 9.96. The topological polar surface area (TPSA) is 89.7 Å². The second-order valence-corrected chi connectivity index (χ2v) is 8.90. The molecular weight excluding hydrogens is 463 g/mol. The van der Waals surface area contributed by atoms with Crippen molar-refractivity contribution in [1.82, 2.24) is 20.4 Å². The monoisotopic (exact) mass is 496 g/mol. The average Bonchev–Trinajstić information content (AvgIpc) is 3.34. The van der Waals surface area contributed by atoms with Crippen LogP contribution in [0.4, 0.5) is 4.39 Å². The third-order valence-electron chi connectivity index (χ3n) is 6.23. The van der Waals surface area contributed by atoms with Crippen molar-refractivity contribution >= 4 is 5.91 Å². The molecule has 1 fully saturated rings. The maximum Gasteiger partial charge on any atom is 0.241 e. The van der Waals surface area contributed by atoms with Gasteiger partial charge in [0, 0.05) is 12.1 Å². The van der Waals surface area contributed by atoms with E-state index in [1.54, 1.807) is 12.1 Å². The molecular formula is C27H33FN4O4. The van der Waals surface area contributed by atoms with Crippen molar-refractivity contribution in [3.63, 3.8) is 0 Å². The zero-order valence-corrected chi connectivity index (χ0v) is 21.0. The van der Waals surface area contributed by atoms with E-state index in [1.807, 2.05) is 39.0 Å². The number of carbonyl (C=O) groups excluding carboxylic acids is 1. The number of rotatable bonds is 10. The summed E-state index contributed by atoms with van der Waals surface area (Å²) >= 11 is 0. The van der Waals surface area contributed by atoms with Gasteiger partial charge in [-0.2, -0.15) is 4.98 Å². The Kier molecular flexibility index (Phi) is 8.53. The Morgan fingerprint density at radius 2 is 1.92 bits per heavy atom. The Labute approximate surface area is 210 Å².